The molecule has 2 aliphatic rings. The first-order valence-corrected chi connectivity index (χ1v) is 13.5. The fourth-order valence-electron chi connectivity index (χ4n) is 5.24. The average molecular weight is 530 g/mol. The summed E-state index contributed by atoms with van der Waals surface area (Å²) in [6.07, 6.45) is 7.19. The average Bonchev–Trinajstić information content (AvgIpc) is 2.91. The molecule has 2 heterocycles. The number of aromatic nitrogens is 1. The highest BCUT2D eigenvalue weighted by molar-refractivity contribution is 6.33. The standard InChI is InChI=1S/C28H37ClFN5O2/c1-19(16-36-2)34-21-4-6-22(7-5-21)35-27-14-23(24(29)15-32-27)20-3-8-25(30)26(13-20)33-18-28(17-31)9-11-37-12-10-28/h3,8,13-15,19,21-22,33-34H,4-7,9-12,16,18H2,1-2H3,(H,32,35)/t19-,21?,22?/m1/s1. The molecule has 1 aliphatic carbocycles. The molecule has 0 amide bonds. The van der Waals surface area contributed by atoms with Crippen molar-refractivity contribution in [1.29, 1.82) is 5.26 Å². The number of anilines is 2. The Morgan fingerprint density at radius 1 is 1.22 bits per heavy atom. The summed E-state index contributed by atoms with van der Waals surface area (Å²) in [6, 6.07) is 10.4. The second kappa shape index (κ2) is 12.9. The largest absolute Gasteiger partial charge is 0.383 e. The van der Waals surface area contributed by atoms with Gasteiger partial charge in [-0.05, 0) is 69.2 Å². The van der Waals surface area contributed by atoms with Crippen molar-refractivity contribution in [2.24, 2.45) is 5.41 Å². The Labute approximate surface area is 224 Å². The summed E-state index contributed by atoms with van der Waals surface area (Å²) in [5, 5.41) is 20.6. The van der Waals surface area contributed by atoms with Crippen LogP contribution in [0.25, 0.3) is 11.1 Å². The highest BCUT2D eigenvalue weighted by Gasteiger charge is 2.32. The van der Waals surface area contributed by atoms with E-state index in [0.29, 0.717) is 68.0 Å². The predicted octanol–water partition coefficient (Wildman–Crippen LogP) is 5.62. The number of halogens is 2. The number of ether oxygens (including phenoxy) is 2. The van der Waals surface area contributed by atoms with E-state index in [9.17, 15) is 9.65 Å². The molecular weight excluding hydrogens is 493 g/mol. The first-order chi connectivity index (χ1) is 17.9. The van der Waals surface area contributed by atoms with Gasteiger partial charge >= 0.3 is 0 Å². The van der Waals surface area contributed by atoms with Crippen LogP contribution in [-0.2, 0) is 9.47 Å². The van der Waals surface area contributed by atoms with Crippen molar-refractivity contribution < 1.29 is 13.9 Å². The maximum absolute atomic E-state index is 14.7. The highest BCUT2D eigenvalue weighted by atomic mass is 35.5. The van der Waals surface area contributed by atoms with Gasteiger partial charge in [0.05, 0.1) is 28.8 Å². The van der Waals surface area contributed by atoms with Gasteiger partial charge in [0.2, 0.25) is 0 Å². The Hall–Kier alpha value is -2.44. The second-order valence-electron chi connectivity index (χ2n) is 10.3. The summed E-state index contributed by atoms with van der Waals surface area (Å²) in [5.41, 5.74) is 1.38. The SMILES string of the molecule is COC[C@@H](C)NC1CCC(Nc2cc(-c3ccc(F)c(NCC4(C#N)CCOCC4)c3)c(Cl)cn2)CC1. The molecule has 1 aliphatic heterocycles. The van der Waals surface area contributed by atoms with Crippen molar-refractivity contribution in [3.8, 4) is 17.2 Å². The summed E-state index contributed by atoms with van der Waals surface area (Å²) in [6.45, 7) is 4.32. The van der Waals surface area contributed by atoms with Crippen LogP contribution in [0.2, 0.25) is 5.02 Å². The molecule has 7 nitrogen and oxygen atoms in total. The molecule has 9 heteroatoms. The van der Waals surface area contributed by atoms with Gasteiger partial charge < -0.3 is 25.4 Å². The van der Waals surface area contributed by atoms with Crippen LogP contribution in [0, 0.1) is 22.6 Å². The quantitative estimate of drug-likeness (QED) is 0.368. The maximum Gasteiger partial charge on any atom is 0.146 e. The molecular formula is C28H37ClFN5O2. The van der Waals surface area contributed by atoms with Gasteiger partial charge in [0.25, 0.3) is 0 Å². The summed E-state index contributed by atoms with van der Waals surface area (Å²) in [5.74, 6) is 0.394. The molecule has 2 aromatic rings. The molecule has 0 spiro atoms. The van der Waals surface area contributed by atoms with E-state index in [4.69, 9.17) is 21.1 Å². The zero-order valence-corrected chi connectivity index (χ0v) is 22.4. The topological polar surface area (TPSA) is 91.2 Å². The van der Waals surface area contributed by atoms with Crippen molar-refractivity contribution in [2.45, 2.75) is 63.6 Å². The Kier molecular flexibility index (Phi) is 9.60. The molecule has 1 saturated heterocycles. The zero-order valence-electron chi connectivity index (χ0n) is 21.7. The number of rotatable bonds is 10. The van der Waals surface area contributed by atoms with Crippen molar-refractivity contribution in [3.63, 3.8) is 0 Å². The number of nitrogens with one attached hydrogen (secondary N) is 3. The zero-order chi connectivity index (χ0) is 26.3. The number of hydrogen-bond donors (Lipinski definition) is 3. The van der Waals surface area contributed by atoms with Gasteiger partial charge in [-0.25, -0.2) is 9.37 Å². The molecule has 1 saturated carbocycles. The molecule has 200 valence electrons. The predicted molar refractivity (Wildman–Crippen MR) is 145 cm³/mol. The number of nitriles is 1. The Balaban J connectivity index is 1.41. The van der Waals surface area contributed by atoms with Crippen LogP contribution < -0.4 is 16.0 Å². The lowest BCUT2D eigenvalue weighted by Gasteiger charge is -2.32. The third-order valence-corrected chi connectivity index (χ3v) is 7.75. The lowest BCUT2D eigenvalue weighted by molar-refractivity contribution is 0.0456. The third-order valence-electron chi connectivity index (χ3n) is 7.45. The number of pyridine rings is 1. The van der Waals surface area contributed by atoms with Gasteiger partial charge in [0.1, 0.15) is 11.6 Å². The van der Waals surface area contributed by atoms with Crippen LogP contribution in [0.15, 0.2) is 30.5 Å². The van der Waals surface area contributed by atoms with Crippen LogP contribution in [-0.4, -0.2) is 56.6 Å². The molecule has 37 heavy (non-hydrogen) atoms. The summed E-state index contributed by atoms with van der Waals surface area (Å²) < 4.78 is 25.3. The van der Waals surface area contributed by atoms with Gasteiger partial charge in [-0.2, -0.15) is 5.26 Å². The minimum Gasteiger partial charge on any atom is -0.383 e. The smallest absolute Gasteiger partial charge is 0.146 e. The summed E-state index contributed by atoms with van der Waals surface area (Å²) in [7, 11) is 1.73. The lowest BCUT2D eigenvalue weighted by atomic mass is 9.81. The first-order valence-electron chi connectivity index (χ1n) is 13.1. The molecule has 4 rings (SSSR count). The van der Waals surface area contributed by atoms with E-state index in [1.165, 1.54) is 6.07 Å². The number of nitrogens with zero attached hydrogens (tertiary/aromatic N) is 2. The van der Waals surface area contributed by atoms with E-state index in [0.717, 1.165) is 42.6 Å². The van der Waals surface area contributed by atoms with E-state index in [1.54, 1.807) is 25.4 Å². The molecule has 0 unspecified atom stereocenters. The molecule has 1 aromatic heterocycles. The number of methoxy groups -OCH3 is 1. The number of benzene rings is 1. The lowest BCUT2D eigenvalue weighted by Crippen LogP contribution is -2.42. The summed E-state index contributed by atoms with van der Waals surface area (Å²) in [4.78, 5) is 4.50. The minimum absolute atomic E-state index is 0.337. The maximum atomic E-state index is 14.7. The highest BCUT2D eigenvalue weighted by Crippen LogP contribution is 2.34. The molecule has 3 N–H and O–H groups in total. The van der Waals surface area contributed by atoms with Crippen LogP contribution in [0.1, 0.15) is 45.4 Å². The van der Waals surface area contributed by atoms with E-state index in [1.807, 2.05) is 6.07 Å². The van der Waals surface area contributed by atoms with Crippen molar-refractivity contribution in [3.05, 3.63) is 41.3 Å². The monoisotopic (exact) mass is 529 g/mol. The normalized spacial score (nSPS) is 22.1. The first kappa shape index (κ1) is 27.6. The van der Waals surface area contributed by atoms with E-state index < -0.39 is 5.41 Å². The van der Waals surface area contributed by atoms with Gasteiger partial charge in [0, 0.05) is 56.8 Å². The molecule has 1 atom stereocenters. The van der Waals surface area contributed by atoms with Crippen molar-refractivity contribution in [2.75, 3.05) is 44.1 Å². The molecule has 2 fully saturated rings. The Morgan fingerprint density at radius 2 is 1.95 bits per heavy atom. The number of hydrogen-bond acceptors (Lipinski definition) is 7. The minimum atomic E-state index is -0.553. The third kappa shape index (κ3) is 7.32. The van der Waals surface area contributed by atoms with E-state index in [2.05, 4.69) is 33.9 Å². The van der Waals surface area contributed by atoms with E-state index >= 15 is 0 Å². The van der Waals surface area contributed by atoms with Gasteiger partial charge in [-0.15, -0.1) is 0 Å². The van der Waals surface area contributed by atoms with Gasteiger partial charge in [0.15, 0.2) is 0 Å². The van der Waals surface area contributed by atoms with Crippen LogP contribution in [0.4, 0.5) is 15.9 Å². The van der Waals surface area contributed by atoms with Crippen LogP contribution in [0.5, 0.6) is 0 Å². The fourth-order valence-corrected chi connectivity index (χ4v) is 5.45. The fraction of sp³-hybridized carbons (Fsp3) is 0.571. The van der Waals surface area contributed by atoms with Crippen LogP contribution >= 0.6 is 11.6 Å². The van der Waals surface area contributed by atoms with Gasteiger partial charge in [-0.1, -0.05) is 17.7 Å². The molecule has 1 aromatic carbocycles. The van der Waals surface area contributed by atoms with Crippen molar-refractivity contribution >= 4 is 23.1 Å². The Bertz CT molecular complexity index is 1080. The summed E-state index contributed by atoms with van der Waals surface area (Å²) >= 11 is 6.52. The second-order valence-corrected chi connectivity index (χ2v) is 10.7. The Morgan fingerprint density at radius 3 is 2.65 bits per heavy atom. The van der Waals surface area contributed by atoms with Crippen molar-refractivity contribution in [1.82, 2.24) is 10.3 Å². The van der Waals surface area contributed by atoms with Gasteiger partial charge in [-0.3, -0.25) is 0 Å². The van der Waals surface area contributed by atoms with E-state index in [-0.39, 0.29) is 5.82 Å². The molecule has 0 radical (unpaired) electrons. The van der Waals surface area contributed by atoms with Crippen LogP contribution in [0.3, 0.4) is 0 Å². The molecule has 0 bridgehead atoms.